The lowest BCUT2D eigenvalue weighted by Gasteiger charge is -2.24. The molecule has 0 aliphatic rings. The van der Waals surface area contributed by atoms with E-state index in [9.17, 15) is 18.0 Å². The molecule has 216 valence electrons. The normalized spacial score (nSPS) is 11.8. The number of aromatic nitrogens is 2. The van der Waals surface area contributed by atoms with Gasteiger partial charge in [-0.05, 0) is 56.2 Å². The smallest absolute Gasteiger partial charge is 0.416 e. The van der Waals surface area contributed by atoms with Gasteiger partial charge in [0.1, 0.15) is 22.7 Å². The van der Waals surface area contributed by atoms with Crippen LogP contribution in [-0.4, -0.2) is 47.6 Å². The molecule has 0 radical (unpaired) electrons. The molecule has 3 rings (SSSR count). The van der Waals surface area contributed by atoms with Crippen LogP contribution >= 0.6 is 11.8 Å². The molecular formula is C29H35F3N4O3S. The van der Waals surface area contributed by atoms with Gasteiger partial charge in [0.25, 0.3) is 0 Å². The number of methoxy groups -OCH3 is 1. The third-order valence-corrected chi connectivity index (χ3v) is 7.08. The second-order valence-corrected chi connectivity index (χ2v) is 11.3. The summed E-state index contributed by atoms with van der Waals surface area (Å²) in [7, 11) is 1.61. The van der Waals surface area contributed by atoms with E-state index in [4.69, 9.17) is 9.47 Å². The summed E-state index contributed by atoms with van der Waals surface area (Å²) in [6.45, 7) is 7.67. The van der Waals surface area contributed by atoms with E-state index in [1.807, 2.05) is 49.9 Å². The quantitative estimate of drug-likeness (QED) is 0.124. The highest BCUT2D eigenvalue weighted by molar-refractivity contribution is 8.01. The Labute approximate surface area is 237 Å². The molecule has 1 N–H and O–H groups in total. The Kier molecular flexibility index (Phi) is 11.2. The van der Waals surface area contributed by atoms with Crippen molar-refractivity contribution in [3.05, 3.63) is 72.1 Å². The number of nitrogens with zero attached hydrogens (tertiary/aromatic N) is 3. The first kappa shape index (κ1) is 31.2. The van der Waals surface area contributed by atoms with Gasteiger partial charge in [-0.1, -0.05) is 31.5 Å². The van der Waals surface area contributed by atoms with E-state index in [0.29, 0.717) is 37.9 Å². The number of nitrogens with one attached hydrogen (secondary N) is 1. The first-order valence-electron chi connectivity index (χ1n) is 13.0. The average Bonchev–Trinajstić information content (AvgIpc) is 2.91. The summed E-state index contributed by atoms with van der Waals surface area (Å²) in [5, 5.41) is 2.94. The van der Waals surface area contributed by atoms with Gasteiger partial charge in [0, 0.05) is 36.8 Å². The van der Waals surface area contributed by atoms with Crippen molar-refractivity contribution in [2.45, 2.75) is 56.0 Å². The number of esters is 1. The zero-order chi connectivity index (χ0) is 29.2. The Morgan fingerprint density at radius 3 is 2.48 bits per heavy atom. The predicted molar refractivity (Wildman–Crippen MR) is 152 cm³/mol. The number of carbonyl (C=O) groups is 1. The van der Waals surface area contributed by atoms with Gasteiger partial charge in [0.2, 0.25) is 0 Å². The number of hydrogen-bond acceptors (Lipinski definition) is 8. The van der Waals surface area contributed by atoms with Crippen LogP contribution in [0.3, 0.4) is 0 Å². The molecule has 40 heavy (non-hydrogen) atoms. The van der Waals surface area contributed by atoms with Gasteiger partial charge >= 0.3 is 12.1 Å². The minimum atomic E-state index is -4.44. The molecular weight excluding hydrogens is 541 g/mol. The summed E-state index contributed by atoms with van der Waals surface area (Å²) >= 11 is 1.45. The molecule has 0 saturated heterocycles. The molecule has 1 heterocycles. The minimum absolute atomic E-state index is 0.237. The molecule has 0 spiro atoms. The highest BCUT2D eigenvalue weighted by Gasteiger charge is 2.31. The summed E-state index contributed by atoms with van der Waals surface area (Å²) in [6, 6.07) is 14.6. The van der Waals surface area contributed by atoms with E-state index in [2.05, 4.69) is 15.3 Å². The fourth-order valence-electron chi connectivity index (χ4n) is 3.69. The van der Waals surface area contributed by atoms with Gasteiger partial charge in [-0.2, -0.15) is 13.2 Å². The van der Waals surface area contributed by atoms with E-state index in [-0.39, 0.29) is 11.7 Å². The molecule has 0 fully saturated rings. The molecule has 3 aromatic rings. The second-order valence-electron chi connectivity index (χ2n) is 9.63. The Hall–Kier alpha value is -3.31. The molecule has 2 aromatic carbocycles. The molecule has 0 unspecified atom stereocenters. The number of benzene rings is 2. The summed E-state index contributed by atoms with van der Waals surface area (Å²) in [5.74, 6) is 0.724. The van der Waals surface area contributed by atoms with Gasteiger partial charge in [0.05, 0.1) is 18.8 Å². The van der Waals surface area contributed by atoms with Crippen LogP contribution in [0.4, 0.5) is 30.5 Å². The lowest BCUT2D eigenvalue weighted by atomic mass is 10.2. The van der Waals surface area contributed by atoms with E-state index < -0.39 is 16.5 Å². The van der Waals surface area contributed by atoms with E-state index >= 15 is 0 Å². The zero-order valence-corrected chi connectivity index (χ0v) is 23.9. The predicted octanol–water partition coefficient (Wildman–Crippen LogP) is 7.11. The van der Waals surface area contributed by atoms with Crippen LogP contribution in [0.1, 0.15) is 44.7 Å². The number of carbonyl (C=O) groups excluding carboxylic acids is 1. The zero-order valence-electron chi connectivity index (χ0n) is 23.1. The highest BCUT2D eigenvalue weighted by Crippen LogP contribution is 2.34. The first-order valence-corrected chi connectivity index (χ1v) is 13.8. The number of thioether (sulfide) groups is 1. The minimum Gasteiger partial charge on any atom is -0.465 e. The highest BCUT2D eigenvalue weighted by atomic mass is 32.2. The molecule has 0 aliphatic carbocycles. The topological polar surface area (TPSA) is 76.6 Å². The van der Waals surface area contributed by atoms with Crippen LogP contribution < -0.4 is 10.2 Å². The third kappa shape index (κ3) is 9.41. The maximum absolute atomic E-state index is 13.1. The summed E-state index contributed by atoms with van der Waals surface area (Å²) in [5.41, 5.74) is 0.537. The van der Waals surface area contributed by atoms with Crippen molar-refractivity contribution in [3.63, 3.8) is 0 Å². The maximum atomic E-state index is 13.1. The Morgan fingerprint density at radius 2 is 1.80 bits per heavy atom. The molecule has 1 aromatic heterocycles. The summed E-state index contributed by atoms with van der Waals surface area (Å²) < 4.78 is 49.3. The van der Waals surface area contributed by atoms with Crippen molar-refractivity contribution >= 4 is 35.1 Å². The number of ether oxygens (including phenoxy) is 2. The van der Waals surface area contributed by atoms with Gasteiger partial charge in [-0.3, -0.25) is 4.79 Å². The Morgan fingerprint density at radius 1 is 1.05 bits per heavy atom. The summed E-state index contributed by atoms with van der Waals surface area (Å²) in [6.07, 6.45) is -1.26. The van der Waals surface area contributed by atoms with Crippen LogP contribution in [0.5, 0.6) is 0 Å². The Bertz CT molecular complexity index is 1240. The second kappa shape index (κ2) is 14.4. The SMILES string of the molecule is CCCCOC(=O)C(C)(C)Sc1ccc(CN(CCOC)c2cc(Nc3cccc(C(F)(F)F)c3)ncn2)cc1. The van der Waals surface area contributed by atoms with Crippen molar-refractivity contribution in [2.24, 2.45) is 0 Å². The lowest BCUT2D eigenvalue weighted by molar-refractivity contribution is -0.145. The number of rotatable bonds is 14. The van der Waals surface area contributed by atoms with Crippen molar-refractivity contribution < 1.29 is 27.4 Å². The fraction of sp³-hybridized carbons (Fsp3) is 0.414. The van der Waals surface area contributed by atoms with Gasteiger partial charge < -0.3 is 19.7 Å². The van der Waals surface area contributed by atoms with Crippen molar-refractivity contribution in [3.8, 4) is 0 Å². The number of halogens is 3. The number of hydrogen-bond donors (Lipinski definition) is 1. The fourth-order valence-corrected chi connectivity index (χ4v) is 4.69. The summed E-state index contributed by atoms with van der Waals surface area (Å²) in [4.78, 5) is 24.0. The van der Waals surface area contributed by atoms with E-state index in [1.54, 1.807) is 19.2 Å². The van der Waals surface area contributed by atoms with Crippen LogP contribution in [-0.2, 0) is 27.0 Å². The van der Waals surface area contributed by atoms with Crippen molar-refractivity contribution in [1.29, 1.82) is 0 Å². The van der Waals surface area contributed by atoms with Crippen LogP contribution in [0.15, 0.2) is 65.8 Å². The molecule has 0 amide bonds. The monoisotopic (exact) mass is 576 g/mol. The van der Waals surface area contributed by atoms with E-state index in [0.717, 1.165) is 35.4 Å². The average molecular weight is 577 g/mol. The standard InChI is InChI=1S/C29H35F3N4O3S/c1-5-6-15-39-27(37)28(2,3)40-24-12-10-21(11-13-24)19-36(14-16-38-4)26-18-25(33-20-34-26)35-23-9-7-8-22(17-23)29(30,31)32/h7-13,17-18,20H,5-6,14-16,19H2,1-4H3,(H,33,34,35). The number of anilines is 3. The van der Waals surface area contributed by atoms with Gasteiger partial charge in [0.15, 0.2) is 0 Å². The van der Waals surface area contributed by atoms with Gasteiger partial charge in [-0.15, -0.1) is 11.8 Å². The van der Waals surface area contributed by atoms with Crippen LogP contribution in [0, 0.1) is 0 Å². The van der Waals surface area contributed by atoms with Crippen molar-refractivity contribution in [1.82, 2.24) is 9.97 Å². The van der Waals surface area contributed by atoms with Gasteiger partial charge in [-0.25, -0.2) is 9.97 Å². The van der Waals surface area contributed by atoms with Crippen molar-refractivity contribution in [2.75, 3.05) is 37.1 Å². The molecule has 0 aliphatic heterocycles. The third-order valence-electron chi connectivity index (χ3n) is 5.90. The largest absolute Gasteiger partial charge is 0.465 e. The molecule has 11 heteroatoms. The Balaban J connectivity index is 1.71. The number of unbranched alkanes of at least 4 members (excludes halogenated alkanes) is 1. The van der Waals surface area contributed by atoms with Crippen LogP contribution in [0.25, 0.3) is 0 Å². The van der Waals surface area contributed by atoms with Crippen LogP contribution in [0.2, 0.25) is 0 Å². The molecule has 0 atom stereocenters. The molecule has 0 saturated carbocycles. The maximum Gasteiger partial charge on any atom is 0.416 e. The lowest BCUT2D eigenvalue weighted by Crippen LogP contribution is -2.30. The van der Waals surface area contributed by atoms with E-state index in [1.165, 1.54) is 24.2 Å². The molecule has 7 nitrogen and oxygen atoms in total. The molecule has 0 bridgehead atoms. The first-order chi connectivity index (χ1) is 19.0. The number of alkyl halides is 3.